The second-order valence-electron chi connectivity index (χ2n) is 5.39. The summed E-state index contributed by atoms with van der Waals surface area (Å²) in [4.78, 5) is 22.9. The molecular weight excluding hydrogens is 377 g/mol. The van der Waals surface area contributed by atoms with Crippen LogP contribution in [0.2, 0.25) is 0 Å². The monoisotopic (exact) mass is 395 g/mol. The predicted molar refractivity (Wildman–Crippen MR) is 96.0 cm³/mol. The van der Waals surface area contributed by atoms with Gasteiger partial charge in [0.2, 0.25) is 0 Å². The van der Waals surface area contributed by atoms with Crippen molar-refractivity contribution in [2.45, 2.75) is 18.7 Å². The lowest BCUT2D eigenvalue weighted by Gasteiger charge is -2.10. The summed E-state index contributed by atoms with van der Waals surface area (Å²) in [6.45, 7) is 3.24. The van der Waals surface area contributed by atoms with E-state index in [2.05, 4.69) is 20.3 Å². The normalized spacial score (nSPS) is 10.8. The summed E-state index contributed by atoms with van der Waals surface area (Å²) in [6, 6.07) is 8.97. The van der Waals surface area contributed by atoms with Crippen LogP contribution in [-0.2, 0) is 14.8 Å². The van der Waals surface area contributed by atoms with E-state index >= 15 is 0 Å². The molecule has 0 saturated carbocycles. The quantitative estimate of drug-likeness (QED) is 0.673. The molecule has 0 fully saturated rings. The Labute approximate surface area is 155 Å². The first kappa shape index (κ1) is 20.2. The molecule has 0 bridgehead atoms. The minimum absolute atomic E-state index is 0.0816. The largest absolute Gasteiger partial charge is 0.449 e. The van der Waals surface area contributed by atoms with Crippen LogP contribution in [0, 0.1) is 12.7 Å². The summed E-state index contributed by atoms with van der Waals surface area (Å²) in [5, 5.41) is 0. The smallest absolute Gasteiger partial charge is 0.426 e. The number of hydrogen-bond donors (Lipinski definition) is 3. The summed E-state index contributed by atoms with van der Waals surface area (Å²) in [5.74, 6) is -1.10. The number of nitrogens with one attached hydrogen (secondary N) is 3. The van der Waals surface area contributed by atoms with Gasteiger partial charge in [-0.25, -0.2) is 23.0 Å². The van der Waals surface area contributed by atoms with Crippen molar-refractivity contribution < 1.29 is 27.1 Å². The highest BCUT2D eigenvalue weighted by Crippen LogP contribution is 2.19. The van der Waals surface area contributed by atoms with Crippen molar-refractivity contribution in [3.8, 4) is 0 Å². The van der Waals surface area contributed by atoms with Crippen molar-refractivity contribution >= 4 is 27.7 Å². The van der Waals surface area contributed by atoms with Crippen molar-refractivity contribution in [1.29, 1.82) is 0 Å². The van der Waals surface area contributed by atoms with Crippen molar-refractivity contribution in [1.82, 2.24) is 10.9 Å². The first-order valence-electron chi connectivity index (χ1n) is 7.85. The maximum atomic E-state index is 13.3. The summed E-state index contributed by atoms with van der Waals surface area (Å²) in [6.07, 6.45) is -0.801. The van der Waals surface area contributed by atoms with E-state index in [1.54, 1.807) is 6.92 Å². The fourth-order valence-electron chi connectivity index (χ4n) is 2.04. The average molecular weight is 395 g/mol. The molecular formula is C17H18FN3O5S. The molecule has 8 nitrogen and oxygen atoms in total. The van der Waals surface area contributed by atoms with E-state index < -0.39 is 27.8 Å². The average Bonchev–Trinajstić information content (AvgIpc) is 2.62. The van der Waals surface area contributed by atoms with Crippen molar-refractivity contribution in [3.63, 3.8) is 0 Å². The molecule has 3 N–H and O–H groups in total. The van der Waals surface area contributed by atoms with Crippen molar-refractivity contribution in [2.75, 3.05) is 11.3 Å². The van der Waals surface area contributed by atoms with Gasteiger partial charge in [-0.05, 0) is 61.9 Å². The molecule has 0 aromatic heterocycles. The van der Waals surface area contributed by atoms with E-state index in [9.17, 15) is 22.4 Å². The highest BCUT2D eigenvalue weighted by molar-refractivity contribution is 7.92. The van der Waals surface area contributed by atoms with Crippen LogP contribution >= 0.6 is 0 Å². The number of benzene rings is 2. The molecule has 0 unspecified atom stereocenters. The Morgan fingerprint density at radius 3 is 2.33 bits per heavy atom. The van der Waals surface area contributed by atoms with Crippen LogP contribution in [0.3, 0.4) is 0 Å². The van der Waals surface area contributed by atoms with E-state index in [-0.39, 0.29) is 28.3 Å². The Bertz CT molecular complexity index is 946. The van der Waals surface area contributed by atoms with Crippen LogP contribution in [0.1, 0.15) is 22.8 Å². The SMILES string of the molecule is CCOC(=O)NNC(=O)c1ccc(NS(=O)(=O)c2ccc(F)c(C)c2)cc1. The van der Waals surface area contributed by atoms with E-state index in [0.717, 1.165) is 12.1 Å². The Morgan fingerprint density at radius 1 is 1.07 bits per heavy atom. The number of aryl methyl sites for hydroxylation is 1. The first-order chi connectivity index (χ1) is 12.7. The minimum Gasteiger partial charge on any atom is -0.449 e. The van der Waals surface area contributed by atoms with Gasteiger partial charge in [0, 0.05) is 11.3 Å². The third-order valence-corrected chi connectivity index (χ3v) is 4.77. The van der Waals surface area contributed by atoms with Gasteiger partial charge in [0.15, 0.2) is 0 Å². The van der Waals surface area contributed by atoms with Gasteiger partial charge in [0.05, 0.1) is 11.5 Å². The summed E-state index contributed by atoms with van der Waals surface area (Å²) >= 11 is 0. The van der Waals surface area contributed by atoms with Gasteiger partial charge < -0.3 is 4.74 Å². The molecule has 0 atom stereocenters. The third-order valence-electron chi connectivity index (χ3n) is 3.39. The van der Waals surface area contributed by atoms with Crippen LogP contribution in [-0.4, -0.2) is 27.0 Å². The molecule has 0 aliphatic carbocycles. The Hall–Kier alpha value is -3.14. The van der Waals surface area contributed by atoms with Crippen LogP contribution in [0.5, 0.6) is 0 Å². The number of halogens is 1. The van der Waals surface area contributed by atoms with Crippen molar-refractivity contribution in [3.05, 3.63) is 59.4 Å². The topological polar surface area (TPSA) is 114 Å². The molecule has 2 aromatic carbocycles. The highest BCUT2D eigenvalue weighted by Gasteiger charge is 2.16. The maximum absolute atomic E-state index is 13.3. The van der Waals surface area contributed by atoms with Crippen molar-refractivity contribution in [2.24, 2.45) is 0 Å². The number of carbonyl (C=O) groups is 2. The van der Waals surface area contributed by atoms with Crippen LogP contribution in [0.25, 0.3) is 0 Å². The lowest BCUT2D eigenvalue weighted by Crippen LogP contribution is -2.41. The van der Waals surface area contributed by atoms with Gasteiger partial charge in [0.1, 0.15) is 5.82 Å². The van der Waals surface area contributed by atoms with Gasteiger partial charge in [-0.1, -0.05) is 0 Å². The molecule has 2 amide bonds. The Balaban J connectivity index is 2.05. The molecule has 10 heteroatoms. The molecule has 0 spiro atoms. The van der Waals surface area contributed by atoms with E-state index in [0.29, 0.717) is 0 Å². The van der Waals surface area contributed by atoms with Gasteiger partial charge in [-0.3, -0.25) is 14.9 Å². The molecule has 0 saturated heterocycles. The fraction of sp³-hybridized carbons (Fsp3) is 0.176. The van der Waals surface area contributed by atoms with Gasteiger partial charge in [-0.15, -0.1) is 0 Å². The molecule has 2 aromatic rings. The number of anilines is 1. The number of carbonyl (C=O) groups excluding carboxylic acids is 2. The fourth-order valence-corrected chi connectivity index (χ4v) is 3.18. The summed E-state index contributed by atoms with van der Waals surface area (Å²) in [7, 11) is -3.90. The number of sulfonamides is 1. The predicted octanol–water partition coefficient (Wildman–Crippen LogP) is 2.33. The second kappa shape index (κ2) is 8.49. The van der Waals surface area contributed by atoms with Crippen LogP contribution < -0.4 is 15.6 Å². The van der Waals surface area contributed by atoms with Crippen LogP contribution in [0.15, 0.2) is 47.4 Å². The maximum Gasteiger partial charge on any atom is 0.426 e. The highest BCUT2D eigenvalue weighted by atomic mass is 32.2. The number of ether oxygens (including phenoxy) is 1. The summed E-state index contributed by atoms with van der Waals surface area (Å²) < 4.78 is 44.9. The second-order valence-corrected chi connectivity index (χ2v) is 7.08. The third kappa shape index (κ3) is 5.42. The molecule has 0 heterocycles. The van der Waals surface area contributed by atoms with E-state index in [1.807, 2.05) is 0 Å². The first-order valence-corrected chi connectivity index (χ1v) is 9.33. The van der Waals surface area contributed by atoms with E-state index in [4.69, 9.17) is 0 Å². The zero-order chi connectivity index (χ0) is 20.0. The van der Waals surface area contributed by atoms with Gasteiger partial charge >= 0.3 is 6.09 Å². The molecule has 0 radical (unpaired) electrons. The minimum atomic E-state index is -3.90. The molecule has 27 heavy (non-hydrogen) atoms. The Morgan fingerprint density at radius 2 is 1.74 bits per heavy atom. The number of hydrogen-bond acceptors (Lipinski definition) is 5. The molecule has 2 rings (SSSR count). The standard InChI is InChI=1S/C17H18FN3O5S/c1-3-26-17(23)20-19-16(22)12-4-6-13(7-5-12)21-27(24,25)14-8-9-15(18)11(2)10-14/h4-10,21H,3H2,1-2H3,(H,19,22)(H,20,23). The lowest BCUT2D eigenvalue weighted by molar-refractivity contribution is 0.0912. The Kier molecular flexibility index (Phi) is 6.35. The number of rotatable bonds is 5. The molecule has 144 valence electrons. The molecule has 0 aliphatic rings. The summed E-state index contributed by atoms with van der Waals surface area (Å²) in [5.41, 5.74) is 4.82. The zero-order valence-corrected chi connectivity index (χ0v) is 15.4. The van der Waals surface area contributed by atoms with Crippen LogP contribution in [0.4, 0.5) is 14.9 Å². The zero-order valence-electron chi connectivity index (χ0n) is 14.6. The van der Waals surface area contributed by atoms with E-state index in [1.165, 1.54) is 37.3 Å². The van der Waals surface area contributed by atoms with Gasteiger partial charge in [0.25, 0.3) is 15.9 Å². The number of amides is 2. The van der Waals surface area contributed by atoms with Gasteiger partial charge in [-0.2, -0.15) is 0 Å². The number of hydrazine groups is 1. The lowest BCUT2D eigenvalue weighted by atomic mass is 10.2. The molecule has 0 aliphatic heterocycles.